The van der Waals surface area contributed by atoms with Gasteiger partial charge in [-0.2, -0.15) is 0 Å². The summed E-state index contributed by atoms with van der Waals surface area (Å²) in [5.74, 6) is 0.480. The number of nitrogens with one attached hydrogen (secondary N) is 1. The minimum Gasteiger partial charge on any atom is -0.326 e. The summed E-state index contributed by atoms with van der Waals surface area (Å²) in [6, 6.07) is 8.26. The third-order valence-corrected chi connectivity index (χ3v) is 3.08. The molecule has 0 spiro atoms. The molecule has 1 saturated heterocycles. The summed E-state index contributed by atoms with van der Waals surface area (Å²) in [5.41, 5.74) is 7.36. The van der Waals surface area contributed by atoms with Crippen LogP contribution in [0.1, 0.15) is 17.9 Å². The van der Waals surface area contributed by atoms with Crippen molar-refractivity contribution in [1.82, 2.24) is 5.32 Å². The first-order valence-corrected chi connectivity index (χ1v) is 5.37. The van der Waals surface area contributed by atoms with Gasteiger partial charge in [-0.1, -0.05) is 23.7 Å². The second-order valence-corrected chi connectivity index (χ2v) is 4.25. The molecular formula is C11H15ClN2. The molecule has 0 bridgehead atoms. The smallest absolute Gasteiger partial charge is 0.0406 e. The maximum Gasteiger partial charge on any atom is 0.0406 e. The van der Waals surface area contributed by atoms with E-state index >= 15 is 0 Å². The average Bonchev–Trinajstić information content (AvgIpc) is 2.20. The topological polar surface area (TPSA) is 38.0 Å². The lowest BCUT2D eigenvalue weighted by Gasteiger charge is -2.29. The predicted octanol–water partition coefficient (Wildman–Crippen LogP) is 1.74. The van der Waals surface area contributed by atoms with Crippen LogP contribution >= 0.6 is 11.6 Å². The zero-order valence-corrected chi connectivity index (χ0v) is 8.80. The van der Waals surface area contributed by atoms with Crippen LogP contribution in [0.2, 0.25) is 5.02 Å². The number of benzene rings is 1. The molecule has 0 unspecified atom stereocenters. The Morgan fingerprint density at radius 2 is 2.00 bits per heavy atom. The van der Waals surface area contributed by atoms with Crippen LogP contribution in [0.3, 0.4) is 0 Å². The van der Waals surface area contributed by atoms with Crippen LogP contribution in [-0.4, -0.2) is 19.1 Å². The fraction of sp³-hybridized carbons (Fsp3) is 0.455. The SMILES string of the molecule is N[C@@H]1CNCC[C@H]1c1ccc(Cl)cc1. The molecule has 14 heavy (non-hydrogen) atoms. The molecule has 3 N–H and O–H groups in total. The van der Waals surface area contributed by atoms with Crippen molar-refractivity contribution in [3.63, 3.8) is 0 Å². The molecule has 0 aliphatic carbocycles. The lowest BCUT2D eigenvalue weighted by molar-refractivity contribution is 0.403. The lowest BCUT2D eigenvalue weighted by atomic mass is 9.87. The van der Waals surface area contributed by atoms with Crippen LogP contribution in [0, 0.1) is 0 Å². The molecule has 1 heterocycles. The van der Waals surface area contributed by atoms with E-state index in [1.165, 1.54) is 5.56 Å². The monoisotopic (exact) mass is 210 g/mol. The Labute approximate surface area is 89.4 Å². The van der Waals surface area contributed by atoms with Gasteiger partial charge in [0.05, 0.1) is 0 Å². The highest BCUT2D eigenvalue weighted by atomic mass is 35.5. The predicted molar refractivity (Wildman–Crippen MR) is 59.7 cm³/mol. The Hall–Kier alpha value is -0.570. The average molecular weight is 211 g/mol. The van der Waals surface area contributed by atoms with Crippen molar-refractivity contribution >= 4 is 11.6 Å². The van der Waals surface area contributed by atoms with E-state index < -0.39 is 0 Å². The molecule has 3 heteroatoms. The first-order valence-electron chi connectivity index (χ1n) is 4.99. The van der Waals surface area contributed by atoms with E-state index in [4.69, 9.17) is 17.3 Å². The molecular weight excluding hydrogens is 196 g/mol. The molecule has 76 valence electrons. The Bertz CT molecular complexity index is 297. The van der Waals surface area contributed by atoms with Gasteiger partial charge in [-0.15, -0.1) is 0 Å². The molecule has 0 amide bonds. The van der Waals surface area contributed by atoms with Gasteiger partial charge >= 0.3 is 0 Å². The van der Waals surface area contributed by atoms with E-state index in [1.54, 1.807) is 0 Å². The minimum atomic E-state index is 0.227. The first kappa shape index (κ1) is 9.97. The van der Waals surface area contributed by atoms with Crippen LogP contribution in [-0.2, 0) is 0 Å². The van der Waals surface area contributed by atoms with Crippen molar-refractivity contribution < 1.29 is 0 Å². The van der Waals surface area contributed by atoms with Crippen LogP contribution in [0.4, 0.5) is 0 Å². The Morgan fingerprint density at radius 1 is 1.29 bits per heavy atom. The first-order chi connectivity index (χ1) is 6.77. The largest absolute Gasteiger partial charge is 0.326 e. The maximum atomic E-state index is 6.05. The molecule has 2 atom stereocenters. The summed E-state index contributed by atoms with van der Waals surface area (Å²) in [7, 11) is 0. The fourth-order valence-electron chi connectivity index (χ4n) is 2.01. The lowest BCUT2D eigenvalue weighted by Crippen LogP contribution is -2.44. The highest BCUT2D eigenvalue weighted by molar-refractivity contribution is 6.30. The number of hydrogen-bond donors (Lipinski definition) is 2. The molecule has 0 saturated carbocycles. The standard InChI is InChI=1S/C11H15ClN2/c12-9-3-1-8(2-4-9)10-5-6-14-7-11(10)13/h1-4,10-11,14H,5-7,13H2/t10-,11+/m0/s1. The van der Waals surface area contributed by atoms with Crippen molar-refractivity contribution in [1.29, 1.82) is 0 Å². The van der Waals surface area contributed by atoms with Crippen molar-refractivity contribution in [3.8, 4) is 0 Å². The molecule has 1 fully saturated rings. The van der Waals surface area contributed by atoms with E-state index in [0.29, 0.717) is 5.92 Å². The van der Waals surface area contributed by atoms with Crippen LogP contribution < -0.4 is 11.1 Å². The van der Waals surface area contributed by atoms with Gasteiger partial charge in [-0.3, -0.25) is 0 Å². The van der Waals surface area contributed by atoms with Gasteiger partial charge in [0.15, 0.2) is 0 Å². The normalized spacial score (nSPS) is 27.6. The summed E-state index contributed by atoms with van der Waals surface area (Å²) in [4.78, 5) is 0. The van der Waals surface area contributed by atoms with Crippen molar-refractivity contribution in [2.24, 2.45) is 5.73 Å². The van der Waals surface area contributed by atoms with E-state index in [-0.39, 0.29) is 6.04 Å². The van der Waals surface area contributed by atoms with E-state index in [9.17, 15) is 0 Å². The van der Waals surface area contributed by atoms with Gasteiger partial charge < -0.3 is 11.1 Å². The Morgan fingerprint density at radius 3 is 2.64 bits per heavy atom. The van der Waals surface area contributed by atoms with Gasteiger partial charge in [0.1, 0.15) is 0 Å². The summed E-state index contributed by atoms with van der Waals surface area (Å²) < 4.78 is 0. The number of nitrogens with two attached hydrogens (primary N) is 1. The van der Waals surface area contributed by atoms with Gasteiger partial charge in [-0.25, -0.2) is 0 Å². The zero-order valence-electron chi connectivity index (χ0n) is 8.04. The molecule has 2 nitrogen and oxygen atoms in total. The summed E-state index contributed by atoms with van der Waals surface area (Å²) in [5, 5.41) is 4.08. The third-order valence-electron chi connectivity index (χ3n) is 2.83. The second-order valence-electron chi connectivity index (χ2n) is 3.81. The van der Waals surface area contributed by atoms with Crippen molar-refractivity contribution in [3.05, 3.63) is 34.9 Å². The number of piperidine rings is 1. The van der Waals surface area contributed by atoms with Gasteiger partial charge in [-0.05, 0) is 30.7 Å². The van der Waals surface area contributed by atoms with Crippen LogP contribution in [0.15, 0.2) is 24.3 Å². The molecule has 1 aliphatic heterocycles. The van der Waals surface area contributed by atoms with Crippen LogP contribution in [0.25, 0.3) is 0 Å². The zero-order chi connectivity index (χ0) is 9.97. The quantitative estimate of drug-likeness (QED) is 0.741. The summed E-state index contributed by atoms with van der Waals surface area (Å²) in [6.07, 6.45) is 1.11. The van der Waals surface area contributed by atoms with Crippen molar-refractivity contribution in [2.45, 2.75) is 18.4 Å². The van der Waals surface area contributed by atoms with Crippen LogP contribution in [0.5, 0.6) is 0 Å². The summed E-state index contributed by atoms with van der Waals surface area (Å²) >= 11 is 5.84. The minimum absolute atomic E-state index is 0.227. The molecule has 1 aromatic carbocycles. The molecule has 0 aromatic heterocycles. The highest BCUT2D eigenvalue weighted by Gasteiger charge is 2.22. The number of rotatable bonds is 1. The molecule has 1 aliphatic rings. The van der Waals surface area contributed by atoms with Gasteiger partial charge in [0.2, 0.25) is 0 Å². The molecule has 2 rings (SSSR count). The second kappa shape index (κ2) is 4.30. The number of hydrogen-bond acceptors (Lipinski definition) is 2. The van der Waals surface area contributed by atoms with Gasteiger partial charge in [0, 0.05) is 23.5 Å². The Kier molecular flexibility index (Phi) is 3.06. The van der Waals surface area contributed by atoms with Gasteiger partial charge in [0.25, 0.3) is 0 Å². The highest BCUT2D eigenvalue weighted by Crippen LogP contribution is 2.25. The molecule has 0 radical (unpaired) electrons. The maximum absolute atomic E-state index is 6.05. The number of halogens is 1. The Balaban J connectivity index is 2.16. The van der Waals surface area contributed by atoms with Crippen molar-refractivity contribution in [2.75, 3.05) is 13.1 Å². The molecule has 1 aromatic rings. The van der Waals surface area contributed by atoms with E-state index in [2.05, 4.69) is 17.4 Å². The van der Waals surface area contributed by atoms with E-state index in [1.807, 2.05) is 12.1 Å². The fourth-order valence-corrected chi connectivity index (χ4v) is 2.13. The van der Waals surface area contributed by atoms with E-state index in [0.717, 1.165) is 24.5 Å². The summed E-state index contributed by atoms with van der Waals surface area (Å²) in [6.45, 7) is 1.97. The third kappa shape index (κ3) is 2.08.